The van der Waals surface area contributed by atoms with Crippen molar-refractivity contribution in [3.8, 4) is 0 Å². The Hall–Kier alpha value is -1.82. The van der Waals surface area contributed by atoms with Crippen molar-refractivity contribution in [2.75, 3.05) is 5.32 Å². The number of nitrogens with zero attached hydrogens (tertiary/aromatic N) is 1. The predicted octanol–water partition coefficient (Wildman–Crippen LogP) is 3.69. The Balaban J connectivity index is 2.27. The zero-order valence-electron chi connectivity index (χ0n) is 11.4. The molecule has 1 aromatic rings. The third-order valence-corrected chi connectivity index (χ3v) is 4.06. The van der Waals surface area contributed by atoms with Gasteiger partial charge in [-0.15, -0.1) is 0 Å². The van der Waals surface area contributed by atoms with Gasteiger partial charge in [0, 0.05) is 17.1 Å². The van der Waals surface area contributed by atoms with Crippen LogP contribution in [0, 0.1) is 16.0 Å². The average molecular weight is 313 g/mol. The molecule has 0 amide bonds. The minimum absolute atomic E-state index is 0.0900. The fraction of sp³-hybridized carbons (Fsp3) is 0.500. The first-order valence-electron chi connectivity index (χ1n) is 6.92. The van der Waals surface area contributed by atoms with Gasteiger partial charge in [0.05, 0.1) is 10.8 Å². The molecule has 2 atom stereocenters. The van der Waals surface area contributed by atoms with E-state index in [1.54, 1.807) is 0 Å². The van der Waals surface area contributed by atoms with Crippen LogP contribution in [0.3, 0.4) is 0 Å². The van der Waals surface area contributed by atoms with Gasteiger partial charge in [-0.3, -0.25) is 14.9 Å². The molecule has 6 nitrogen and oxygen atoms in total. The van der Waals surface area contributed by atoms with Crippen molar-refractivity contribution < 1.29 is 14.8 Å². The zero-order valence-corrected chi connectivity index (χ0v) is 12.2. The van der Waals surface area contributed by atoms with Gasteiger partial charge in [-0.1, -0.05) is 30.9 Å². The summed E-state index contributed by atoms with van der Waals surface area (Å²) >= 11 is 5.89. The maximum Gasteiger partial charge on any atom is 0.308 e. The van der Waals surface area contributed by atoms with Gasteiger partial charge in [0.2, 0.25) is 0 Å². The third-order valence-electron chi connectivity index (χ3n) is 3.83. The van der Waals surface area contributed by atoms with Crippen LogP contribution in [0.15, 0.2) is 18.2 Å². The van der Waals surface area contributed by atoms with Crippen molar-refractivity contribution in [3.05, 3.63) is 33.3 Å². The summed E-state index contributed by atoms with van der Waals surface area (Å²) in [5.41, 5.74) is 0.193. The summed E-state index contributed by atoms with van der Waals surface area (Å²) in [7, 11) is 0. The largest absolute Gasteiger partial charge is 0.481 e. The van der Waals surface area contributed by atoms with E-state index in [2.05, 4.69) is 5.32 Å². The molecular formula is C14H17ClN2O4. The van der Waals surface area contributed by atoms with E-state index in [1.807, 2.05) is 0 Å². The second kappa shape index (κ2) is 6.76. The highest BCUT2D eigenvalue weighted by molar-refractivity contribution is 6.31. The van der Waals surface area contributed by atoms with Crippen molar-refractivity contribution >= 4 is 28.9 Å². The molecule has 0 aliphatic heterocycles. The highest BCUT2D eigenvalue weighted by atomic mass is 35.5. The SMILES string of the molecule is O=C(O)C1CCCCCC1Nc1cc(Cl)ccc1[N+](=O)[O-]. The topological polar surface area (TPSA) is 92.5 Å². The summed E-state index contributed by atoms with van der Waals surface area (Å²) in [5.74, 6) is -1.40. The van der Waals surface area contributed by atoms with E-state index in [9.17, 15) is 20.0 Å². The first-order valence-corrected chi connectivity index (χ1v) is 7.30. The number of aliphatic carboxylic acids is 1. The lowest BCUT2D eigenvalue weighted by Crippen LogP contribution is -2.33. The van der Waals surface area contributed by atoms with E-state index in [1.165, 1.54) is 18.2 Å². The summed E-state index contributed by atoms with van der Waals surface area (Å²) in [6.45, 7) is 0. The van der Waals surface area contributed by atoms with Crippen LogP contribution >= 0.6 is 11.6 Å². The lowest BCUT2D eigenvalue weighted by atomic mass is 9.94. The Kier molecular flexibility index (Phi) is 5.01. The lowest BCUT2D eigenvalue weighted by Gasteiger charge is -2.23. The Morgan fingerprint density at radius 2 is 2.05 bits per heavy atom. The number of hydrogen-bond acceptors (Lipinski definition) is 4. The maximum atomic E-state index is 11.4. The van der Waals surface area contributed by atoms with E-state index in [-0.39, 0.29) is 17.4 Å². The van der Waals surface area contributed by atoms with Crippen LogP contribution in [0.4, 0.5) is 11.4 Å². The molecular weight excluding hydrogens is 296 g/mol. The minimum atomic E-state index is -0.862. The molecule has 2 N–H and O–H groups in total. The van der Waals surface area contributed by atoms with Crippen LogP contribution in [0.2, 0.25) is 5.02 Å². The Morgan fingerprint density at radius 1 is 1.33 bits per heavy atom. The molecule has 7 heteroatoms. The number of rotatable bonds is 4. The first-order chi connectivity index (χ1) is 9.99. The highest BCUT2D eigenvalue weighted by Crippen LogP contribution is 2.32. The van der Waals surface area contributed by atoms with Gasteiger partial charge in [-0.25, -0.2) is 0 Å². The van der Waals surface area contributed by atoms with Gasteiger partial charge in [0.25, 0.3) is 5.69 Å². The number of hydrogen-bond donors (Lipinski definition) is 2. The Morgan fingerprint density at radius 3 is 2.71 bits per heavy atom. The number of anilines is 1. The molecule has 1 aliphatic carbocycles. The smallest absolute Gasteiger partial charge is 0.308 e. The van der Waals surface area contributed by atoms with Gasteiger partial charge < -0.3 is 10.4 Å². The Bertz CT molecular complexity index is 550. The summed E-state index contributed by atoms with van der Waals surface area (Å²) in [5, 5.41) is 23.8. The van der Waals surface area contributed by atoms with E-state index in [4.69, 9.17) is 11.6 Å². The number of carboxylic acids is 1. The molecule has 114 valence electrons. The monoisotopic (exact) mass is 312 g/mol. The molecule has 2 unspecified atom stereocenters. The van der Waals surface area contributed by atoms with Crippen molar-refractivity contribution in [2.24, 2.45) is 5.92 Å². The van der Waals surface area contributed by atoms with E-state index in [0.29, 0.717) is 17.9 Å². The predicted molar refractivity (Wildman–Crippen MR) is 79.7 cm³/mol. The van der Waals surface area contributed by atoms with Gasteiger partial charge in [0.15, 0.2) is 0 Å². The van der Waals surface area contributed by atoms with Gasteiger partial charge in [-0.2, -0.15) is 0 Å². The van der Waals surface area contributed by atoms with Crippen LogP contribution in [0.1, 0.15) is 32.1 Å². The van der Waals surface area contributed by atoms with Gasteiger partial charge >= 0.3 is 5.97 Å². The zero-order chi connectivity index (χ0) is 15.4. The summed E-state index contributed by atoms with van der Waals surface area (Å²) in [6, 6.07) is 3.94. The molecule has 0 saturated heterocycles. The average Bonchev–Trinajstić information content (AvgIpc) is 2.64. The van der Waals surface area contributed by atoms with Crippen molar-refractivity contribution in [3.63, 3.8) is 0 Å². The van der Waals surface area contributed by atoms with Crippen molar-refractivity contribution in [2.45, 2.75) is 38.1 Å². The normalized spacial score (nSPS) is 22.3. The van der Waals surface area contributed by atoms with Gasteiger partial charge in [-0.05, 0) is 25.0 Å². The molecule has 1 aliphatic rings. The standard InChI is InChI=1S/C14H17ClN2O4/c15-9-6-7-13(17(20)21)12(8-9)16-11-5-3-1-2-4-10(11)14(18)19/h6-8,10-11,16H,1-5H2,(H,18,19). The molecule has 0 aromatic heterocycles. The Labute approximate surface area is 127 Å². The second-order valence-electron chi connectivity index (χ2n) is 5.25. The lowest BCUT2D eigenvalue weighted by molar-refractivity contribution is -0.384. The number of halogens is 1. The summed E-state index contributed by atoms with van der Waals surface area (Å²) in [4.78, 5) is 22.0. The minimum Gasteiger partial charge on any atom is -0.481 e. The number of carboxylic acid groups (broad SMARTS) is 1. The molecule has 1 fully saturated rings. The maximum absolute atomic E-state index is 11.4. The molecule has 21 heavy (non-hydrogen) atoms. The van der Waals surface area contributed by atoms with Crippen molar-refractivity contribution in [1.29, 1.82) is 0 Å². The number of nitro benzene ring substituents is 1. The van der Waals surface area contributed by atoms with Crippen LogP contribution in [-0.2, 0) is 4.79 Å². The number of nitrogens with one attached hydrogen (secondary N) is 1. The van der Waals surface area contributed by atoms with Crippen molar-refractivity contribution in [1.82, 2.24) is 0 Å². The highest BCUT2D eigenvalue weighted by Gasteiger charge is 2.30. The molecule has 2 rings (SSSR count). The third kappa shape index (κ3) is 3.85. The number of carbonyl (C=O) groups is 1. The van der Waals surface area contributed by atoms with Gasteiger partial charge in [0.1, 0.15) is 5.69 Å². The number of nitro groups is 1. The summed E-state index contributed by atoms with van der Waals surface area (Å²) < 4.78 is 0. The molecule has 1 aromatic carbocycles. The summed E-state index contributed by atoms with van der Waals surface area (Å²) in [6.07, 6.45) is 4.03. The van der Waals surface area contributed by atoms with Crippen LogP contribution in [-0.4, -0.2) is 22.0 Å². The number of benzene rings is 1. The van der Waals surface area contributed by atoms with E-state index in [0.717, 1.165) is 19.3 Å². The van der Waals surface area contributed by atoms with Crippen LogP contribution in [0.5, 0.6) is 0 Å². The van der Waals surface area contributed by atoms with Crippen LogP contribution in [0.25, 0.3) is 0 Å². The first kappa shape index (κ1) is 15.6. The van der Waals surface area contributed by atoms with Crippen LogP contribution < -0.4 is 5.32 Å². The fourth-order valence-corrected chi connectivity index (χ4v) is 2.93. The fourth-order valence-electron chi connectivity index (χ4n) is 2.76. The molecule has 0 bridgehead atoms. The van der Waals surface area contributed by atoms with E-state index >= 15 is 0 Å². The molecule has 0 spiro atoms. The molecule has 1 saturated carbocycles. The molecule has 0 radical (unpaired) electrons. The molecule has 0 heterocycles. The van der Waals surface area contributed by atoms with E-state index < -0.39 is 16.8 Å². The second-order valence-corrected chi connectivity index (χ2v) is 5.69. The quantitative estimate of drug-likeness (QED) is 0.502.